The Labute approximate surface area is 228 Å². The number of aliphatic hydroxyl groups is 1. The van der Waals surface area contributed by atoms with Gasteiger partial charge in [-0.3, -0.25) is 14.5 Å². The quantitative estimate of drug-likeness (QED) is 0.277. The summed E-state index contributed by atoms with van der Waals surface area (Å²) in [5, 5.41) is 21.3. The van der Waals surface area contributed by atoms with Gasteiger partial charge in [0.15, 0.2) is 0 Å². The van der Waals surface area contributed by atoms with Crippen LogP contribution in [0, 0.1) is 6.92 Å². The summed E-state index contributed by atoms with van der Waals surface area (Å²) >= 11 is 0. The van der Waals surface area contributed by atoms with Crippen molar-refractivity contribution in [3.63, 3.8) is 0 Å². The monoisotopic (exact) mass is 527 g/mol. The number of aliphatic hydroxyl groups excluding tert-OH is 1. The van der Waals surface area contributed by atoms with E-state index in [2.05, 4.69) is 16.8 Å². The molecule has 2 N–H and O–H groups in total. The molecule has 0 saturated carbocycles. The van der Waals surface area contributed by atoms with E-state index >= 15 is 0 Å². The minimum absolute atomic E-state index is 0.00241. The van der Waals surface area contributed by atoms with Crippen LogP contribution in [-0.4, -0.2) is 66.6 Å². The number of phenols is 1. The number of benzene rings is 3. The van der Waals surface area contributed by atoms with Gasteiger partial charge in [-0.15, -0.1) is 0 Å². The lowest BCUT2D eigenvalue weighted by Crippen LogP contribution is -2.44. The zero-order valence-corrected chi connectivity index (χ0v) is 22.4. The SMILES string of the molecule is CCOc1ccc(/C(O)=C2/C(=O)C(=O)N(c3ccc(N4CCN(C)CC4)cc3)C2c2ccc(O)cc2)cc1C. The summed E-state index contributed by atoms with van der Waals surface area (Å²) < 4.78 is 5.61. The van der Waals surface area contributed by atoms with E-state index in [0.29, 0.717) is 29.2 Å². The molecule has 8 nitrogen and oxygen atoms in total. The molecule has 3 aromatic rings. The molecule has 0 aromatic heterocycles. The number of hydrogen-bond donors (Lipinski definition) is 2. The highest BCUT2D eigenvalue weighted by molar-refractivity contribution is 6.51. The third-order valence-electron chi connectivity index (χ3n) is 7.40. The van der Waals surface area contributed by atoms with Crippen LogP contribution in [0.3, 0.4) is 0 Å². The normalized spacial score (nSPS) is 19.5. The molecule has 0 aliphatic carbocycles. The fourth-order valence-corrected chi connectivity index (χ4v) is 5.23. The van der Waals surface area contributed by atoms with Crippen molar-refractivity contribution < 1.29 is 24.5 Å². The van der Waals surface area contributed by atoms with Gasteiger partial charge in [-0.2, -0.15) is 0 Å². The zero-order chi connectivity index (χ0) is 27.7. The molecule has 2 saturated heterocycles. The van der Waals surface area contributed by atoms with Crippen LogP contribution in [-0.2, 0) is 9.59 Å². The van der Waals surface area contributed by atoms with Crippen LogP contribution in [0.2, 0.25) is 0 Å². The van der Waals surface area contributed by atoms with Crippen LogP contribution < -0.4 is 14.5 Å². The Balaban J connectivity index is 1.57. The molecule has 1 amide bonds. The molecular formula is C31H33N3O5. The van der Waals surface area contributed by atoms with Crippen LogP contribution in [0.5, 0.6) is 11.5 Å². The summed E-state index contributed by atoms with van der Waals surface area (Å²) in [7, 11) is 2.11. The summed E-state index contributed by atoms with van der Waals surface area (Å²) in [5.74, 6) is -0.988. The lowest BCUT2D eigenvalue weighted by molar-refractivity contribution is -0.132. The first kappa shape index (κ1) is 26.3. The Morgan fingerprint density at radius 3 is 2.18 bits per heavy atom. The smallest absolute Gasteiger partial charge is 0.300 e. The lowest BCUT2D eigenvalue weighted by Gasteiger charge is -2.34. The van der Waals surface area contributed by atoms with Crippen molar-refractivity contribution in [2.75, 3.05) is 49.6 Å². The van der Waals surface area contributed by atoms with Crippen molar-refractivity contribution in [1.82, 2.24) is 4.90 Å². The summed E-state index contributed by atoms with van der Waals surface area (Å²) in [4.78, 5) is 32.9. The van der Waals surface area contributed by atoms with Crippen molar-refractivity contribution in [2.24, 2.45) is 0 Å². The number of likely N-dealkylation sites (N-methyl/N-ethyl adjacent to an activating group) is 1. The van der Waals surface area contributed by atoms with Gasteiger partial charge in [0.2, 0.25) is 0 Å². The van der Waals surface area contributed by atoms with E-state index in [4.69, 9.17) is 4.74 Å². The van der Waals surface area contributed by atoms with Crippen molar-refractivity contribution >= 4 is 28.8 Å². The largest absolute Gasteiger partial charge is 0.508 e. The minimum Gasteiger partial charge on any atom is -0.508 e. The van der Waals surface area contributed by atoms with Gasteiger partial charge in [0.25, 0.3) is 11.7 Å². The Bertz CT molecular complexity index is 1410. The molecule has 2 aliphatic rings. The number of carbonyl (C=O) groups excluding carboxylic acids is 2. The average Bonchev–Trinajstić information content (AvgIpc) is 3.20. The molecule has 8 heteroatoms. The van der Waals surface area contributed by atoms with Gasteiger partial charge in [0.1, 0.15) is 17.3 Å². The molecule has 1 atom stereocenters. The standard InChI is InChI=1S/C31H33N3O5/c1-4-39-26-14-7-22(19-20(26)2)29(36)27-28(21-5-12-25(35)13-6-21)34(31(38)30(27)37)24-10-8-23(9-11-24)33-17-15-32(3)16-18-33/h5-14,19,28,35-36H,4,15-18H2,1-3H3/b29-27-. The number of amides is 1. The number of ketones is 1. The Morgan fingerprint density at radius 2 is 1.56 bits per heavy atom. The number of piperazine rings is 1. The Hall–Kier alpha value is -4.30. The topological polar surface area (TPSA) is 93.5 Å². The maximum atomic E-state index is 13.5. The number of aryl methyl sites for hydroxylation is 1. The molecule has 2 aliphatic heterocycles. The van der Waals surface area contributed by atoms with Crippen LogP contribution in [0.4, 0.5) is 11.4 Å². The number of nitrogens with zero attached hydrogens (tertiary/aromatic N) is 3. The van der Waals surface area contributed by atoms with E-state index in [-0.39, 0.29) is 17.1 Å². The molecule has 202 valence electrons. The molecule has 0 bridgehead atoms. The predicted octanol–water partition coefficient (Wildman–Crippen LogP) is 4.48. The molecule has 3 aromatic carbocycles. The third-order valence-corrected chi connectivity index (χ3v) is 7.40. The molecule has 2 fully saturated rings. The number of rotatable bonds is 6. The average molecular weight is 528 g/mol. The number of phenolic OH excluding ortho intramolecular Hbond substituents is 1. The molecule has 5 rings (SSSR count). The second-order valence-electron chi connectivity index (χ2n) is 9.98. The van der Waals surface area contributed by atoms with E-state index in [1.807, 2.05) is 38.1 Å². The van der Waals surface area contributed by atoms with Crippen molar-refractivity contribution in [3.05, 3.63) is 89.0 Å². The number of carbonyl (C=O) groups is 2. The molecule has 2 heterocycles. The molecule has 39 heavy (non-hydrogen) atoms. The van der Waals surface area contributed by atoms with E-state index in [1.54, 1.807) is 30.3 Å². The van der Waals surface area contributed by atoms with E-state index in [1.165, 1.54) is 17.0 Å². The van der Waals surface area contributed by atoms with Crippen LogP contribution in [0.25, 0.3) is 5.76 Å². The predicted molar refractivity (Wildman–Crippen MR) is 151 cm³/mol. The van der Waals surface area contributed by atoms with Crippen molar-refractivity contribution in [3.8, 4) is 11.5 Å². The number of anilines is 2. The van der Waals surface area contributed by atoms with E-state index in [9.17, 15) is 19.8 Å². The summed E-state index contributed by atoms with van der Waals surface area (Å²) in [6.45, 7) is 8.03. The Morgan fingerprint density at radius 1 is 0.923 bits per heavy atom. The summed E-state index contributed by atoms with van der Waals surface area (Å²) in [5.41, 5.74) is 3.42. The number of hydrogen-bond acceptors (Lipinski definition) is 7. The van der Waals surface area contributed by atoms with Gasteiger partial charge in [-0.25, -0.2) is 0 Å². The van der Waals surface area contributed by atoms with Gasteiger partial charge in [-0.05, 0) is 86.6 Å². The molecular weight excluding hydrogens is 494 g/mol. The van der Waals surface area contributed by atoms with Gasteiger partial charge >= 0.3 is 0 Å². The summed E-state index contributed by atoms with van der Waals surface area (Å²) in [6.07, 6.45) is 0. The van der Waals surface area contributed by atoms with Gasteiger partial charge in [-0.1, -0.05) is 12.1 Å². The fraction of sp³-hybridized carbons (Fsp3) is 0.290. The second kappa shape index (κ2) is 10.8. The second-order valence-corrected chi connectivity index (χ2v) is 9.98. The maximum Gasteiger partial charge on any atom is 0.300 e. The van der Waals surface area contributed by atoms with Gasteiger partial charge < -0.3 is 24.7 Å². The van der Waals surface area contributed by atoms with Crippen molar-refractivity contribution in [1.29, 1.82) is 0 Å². The number of Topliss-reactive ketones (excluding diaryl/α,β-unsaturated/α-hetero) is 1. The molecule has 0 spiro atoms. The highest BCUT2D eigenvalue weighted by Gasteiger charge is 2.47. The highest BCUT2D eigenvalue weighted by atomic mass is 16.5. The molecule has 0 radical (unpaired) electrons. The first-order chi connectivity index (χ1) is 18.8. The summed E-state index contributed by atoms with van der Waals surface area (Å²) in [6, 6.07) is 18.2. The molecule has 1 unspecified atom stereocenters. The fourth-order valence-electron chi connectivity index (χ4n) is 5.23. The van der Waals surface area contributed by atoms with Crippen LogP contribution in [0.15, 0.2) is 72.3 Å². The highest BCUT2D eigenvalue weighted by Crippen LogP contribution is 2.43. The first-order valence-electron chi connectivity index (χ1n) is 13.2. The number of ether oxygens (including phenoxy) is 1. The minimum atomic E-state index is -0.869. The van der Waals surface area contributed by atoms with Gasteiger partial charge in [0.05, 0.1) is 18.2 Å². The van der Waals surface area contributed by atoms with Crippen molar-refractivity contribution in [2.45, 2.75) is 19.9 Å². The van der Waals surface area contributed by atoms with Gasteiger partial charge in [0, 0.05) is 43.1 Å². The first-order valence-corrected chi connectivity index (χ1v) is 13.2. The maximum absolute atomic E-state index is 13.5. The lowest BCUT2D eigenvalue weighted by atomic mass is 9.94. The number of aromatic hydroxyl groups is 1. The zero-order valence-electron chi connectivity index (χ0n) is 22.4. The van der Waals surface area contributed by atoms with Crippen LogP contribution in [0.1, 0.15) is 29.7 Å². The Kier molecular flexibility index (Phi) is 7.30. The van der Waals surface area contributed by atoms with E-state index in [0.717, 1.165) is 37.4 Å². The van der Waals surface area contributed by atoms with Crippen LogP contribution >= 0.6 is 0 Å². The van der Waals surface area contributed by atoms with E-state index < -0.39 is 17.7 Å². The third kappa shape index (κ3) is 5.07.